The van der Waals surface area contributed by atoms with Crippen LogP contribution >= 0.6 is 11.6 Å². The van der Waals surface area contributed by atoms with Crippen LogP contribution < -0.4 is 9.64 Å². The molecule has 3 atom stereocenters. The lowest BCUT2D eigenvalue weighted by Gasteiger charge is -2.25. The predicted molar refractivity (Wildman–Crippen MR) is 97.4 cm³/mol. The zero-order valence-corrected chi connectivity index (χ0v) is 14.8. The highest BCUT2D eigenvalue weighted by Crippen LogP contribution is 2.48. The van der Waals surface area contributed by atoms with Crippen molar-refractivity contribution >= 4 is 23.1 Å². The minimum absolute atomic E-state index is 0.101. The van der Waals surface area contributed by atoms with Gasteiger partial charge in [0.25, 0.3) is 0 Å². The molecular weight excluding hydrogens is 366 g/mol. The molecule has 0 radical (unpaired) electrons. The minimum atomic E-state index is -1.53. The van der Waals surface area contributed by atoms with Crippen molar-refractivity contribution in [3.63, 3.8) is 0 Å². The van der Waals surface area contributed by atoms with Gasteiger partial charge in [-0.25, -0.2) is 0 Å². The first-order chi connectivity index (χ1) is 13.0. The van der Waals surface area contributed by atoms with E-state index in [0.29, 0.717) is 21.9 Å². The summed E-state index contributed by atoms with van der Waals surface area (Å²) in [6, 6.07) is 15.1. The van der Waals surface area contributed by atoms with E-state index in [0.717, 1.165) is 5.69 Å². The van der Waals surface area contributed by atoms with Crippen molar-refractivity contribution in [2.75, 3.05) is 11.5 Å². The molecule has 2 fully saturated rings. The standard InChI is InChI=1S/C20H14ClN3O3/c21-16-7-14(4-3-13(16)10-23)24-17-8-20(26,19(25)18(17)24)11-27-15-5-1-12(9-22)2-6-15/h1-7,17-18,26H,8,11H2/t17?,18?,20-,24?/m0/s1. The van der Waals surface area contributed by atoms with Gasteiger partial charge in [-0.2, -0.15) is 10.5 Å². The average molecular weight is 380 g/mol. The van der Waals surface area contributed by atoms with E-state index in [-0.39, 0.29) is 24.9 Å². The van der Waals surface area contributed by atoms with Gasteiger partial charge in [0, 0.05) is 12.1 Å². The van der Waals surface area contributed by atoms with Crippen LogP contribution in [0.2, 0.25) is 5.02 Å². The third kappa shape index (κ3) is 2.90. The van der Waals surface area contributed by atoms with Gasteiger partial charge < -0.3 is 14.7 Å². The lowest BCUT2D eigenvalue weighted by Crippen LogP contribution is -2.45. The molecule has 1 heterocycles. The van der Waals surface area contributed by atoms with Crippen molar-refractivity contribution in [1.29, 1.82) is 10.5 Å². The van der Waals surface area contributed by atoms with Crippen molar-refractivity contribution in [3.05, 3.63) is 58.6 Å². The number of ether oxygens (including phenoxy) is 1. The number of Topliss-reactive ketones (excluding diaryl/α,β-unsaturated/α-hetero) is 1. The molecule has 4 rings (SSSR count). The molecule has 1 aliphatic carbocycles. The van der Waals surface area contributed by atoms with Crippen LogP contribution in [0.3, 0.4) is 0 Å². The summed E-state index contributed by atoms with van der Waals surface area (Å²) in [5.41, 5.74) is 0.121. The second kappa shape index (κ2) is 6.28. The number of fused-ring (bicyclic) bond motifs is 1. The van der Waals surface area contributed by atoms with E-state index >= 15 is 0 Å². The Morgan fingerprint density at radius 3 is 2.52 bits per heavy atom. The molecule has 1 aliphatic heterocycles. The molecule has 1 saturated carbocycles. The van der Waals surface area contributed by atoms with Crippen molar-refractivity contribution in [1.82, 2.24) is 0 Å². The van der Waals surface area contributed by atoms with E-state index in [1.807, 2.05) is 17.0 Å². The van der Waals surface area contributed by atoms with Gasteiger partial charge in [0.05, 0.1) is 28.3 Å². The molecule has 2 aromatic rings. The number of nitriles is 2. The van der Waals surface area contributed by atoms with Gasteiger partial charge in [0.1, 0.15) is 24.5 Å². The molecule has 2 unspecified atom stereocenters. The first kappa shape index (κ1) is 17.4. The summed E-state index contributed by atoms with van der Waals surface area (Å²) in [5, 5.41) is 28.8. The van der Waals surface area contributed by atoms with Crippen LogP contribution in [0, 0.1) is 22.7 Å². The van der Waals surface area contributed by atoms with Crippen molar-refractivity contribution in [2.45, 2.75) is 24.1 Å². The molecule has 1 saturated heterocycles. The van der Waals surface area contributed by atoms with Gasteiger partial charge >= 0.3 is 0 Å². The van der Waals surface area contributed by atoms with E-state index in [1.165, 1.54) is 0 Å². The number of aliphatic hydroxyl groups is 1. The average Bonchev–Trinajstić information content (AvgIpc) is 3.32. The van der Waals surface area contributed by atoms with Gasteiger partial charge in [-0.15, -0.1) is 0 Å². The largest absolute Gasteiger partial charge is 0.490 e. The summed E-state index contributed by atoms with van der Waals surface area (Å²) in [6.07, 6.45) is 0.268. The molecule has 27 heavy (non-hydrogen) atoms. The van der Waals surface area contributed by atoms with Crippen molar-refractivity contribution < 1.29 is 14.6 Å². The molecule has 0 amide bonds. The molecular formula is C20H14ClN3O3. The summed E-state index contributed by atoms with van der Waals surface area (Å²) in [5.74, 6) is 0.216. The van der Waals surface area contributed by atoms with Crippen LogP contribution in [-0.2, 0) is 4.79 Å². The molecule has 2 aliphatic rings. The van der Waals surface area contributed by atoms with E-state index < -0.39 is 11.6 Å². The maximum atomic E-state index is 12.7. The van der Waals surface area contributed by atoms with Crippen LogP contribution in [0.25, 0.3) is 0 Å². The number of anilines is 1. The summed E-state index contributed by atoms with van der Waals surface area (Å²) in [6.45, 7) is -0.132. The Labute approximate surface area is 160 Å². The highest BCUT2D eigenvalue weighted by atomic mass is 35.5. The topological polar surface area (TPSA) is 97.1 Å². The quantitative estimate of drug-likeness (QED) is 0.819. The minimum Gasteiger partial charge on any atom is -0.490 e. The first-order valence-electron chi connectivity index (χ1n) is 8.34. The highest BCUT2D eigenvalue weighted by molar-refractivity contribution is 6.32. The highest BCUT2D eigenvalue weighted by Gasteiger charge is 2.67. The zero-order valence-electron chi connectivity index (χ0n) is 14.1. The number of rotatable bonds is 4. The van der Waals surface area contributed by atoms with Gasteiger partial charge in [0.15, 0.2) is 11.4 Å². The van der Waals surface area contributed by atoms with E-state index in [2.05, 4.69) is 0 Å². The van der Waals surface area contributed by atoms with Gasteiger partial charge in [-0.3, -0.25) is 4.79 Å². The lowest BCUT2D eigenvalue weighted by molar-refractivity contribution is -0.137. The Morgan fingerprint density at radius 1 is 1.22 bits per heavy atom. The van der Waals surface area contributed by atoms with Crippen LogP contribution in [0.4, 0.5) is 5.69 Å². The first-order valence-corrected chi connectivity index (χ1v) is 8.72. The second-order valence-electron chi connectivity index (χ2n) is 6.72. The molecule has 2 aromatic carbocycles. The molecule has 134 valence electrons. The predicted octanol–water partition coefficient (Wildman–Crippen LogP) is 2.42. The SMILES string of the molecule is N#Cc1ccc(OC[C@@]2(O)CC3C(C2=O)N3c2ccc(C#N)c(Cl)c2)cc1. The number of hydrogen-bond donors (Lipinski definition) is 1. The maximum absolute atomic E-state index is 12.7. The fourth-order valence-corrected chi connectivity index (χ4v) is 3.80. The maximum Gasteiger partial charge on any atom is 0.192 e. The molecule has 1 N–H and O–H groups in total. The third-order valence-electron chi connectivity index (χ3n) is 5.04. The second-order valence-corrected chi connectivity index (χ2v) is 7.13. The number of nitrogens with zero attached hydrogens (tertiary/aromatic N) is 3. The Bertz CT molecular complexity index is 1010. The molecule has 6 nitrogen and oxygen atoms in total. The fourth-order valence-electron chi connectivity index (χ4n) is 3.58. The van der Waals surface area contributed by atoms with Crippen LogP contribution in [0.1, 0.15) is 17.5 Å². The van der Waals surface area contributed by atoms with E-state index in [4.69, 9.17) is 26.9 Å². The number of hydrogen-bond acceptors (Lipinski definition) is 6. The zero-order chi connectivity index (χ0) is 19.2. The Kier molecular flexibility index (Phi) is 4.04. The van der Waals surface area contributed by atoms with Gasteiger partial charge in [-0.1, -0.05) is 11.6 Å². The summed E-state index contributed by atoms with van der Waals surface area (Å²) in [4.78, 5) is 14.6. The number of halogens is 1. The lowest BCUT2D eigenvalue weighted by atomic mass is 10.0. The fraction of sp³-hybridized carbons (Fsp3) is 0.250. The van der Waals surface area contributed by atoms with Gasteiger partial charge in [-0.05, 0) is 42.5 Å². The molecule has 0 bridgehead atoms. The van der Waals surface area contributed by atoms with Gasteiger partial charge in [0.2, 0.25) is 0 Å². The number of carbonyl (C=O) groups is 1. The molecule has 7 heteroatoms. The van der Waals surface area contributed by atoms with Crippen LogP contribution in [0.5, 0.6) is 5.75 Å². The molecule has 0 aromatic heterocycles. The van der Waals surface area contributed by atoms with Crippen molar-refractivity contribution in [2.24, 2.45) is 0 Å². The Morgan fingerprint density at radius 2 is 1.96 bits per heavy atom. The number of benzene rings is 2. The monoisotopic (exact) mass is 379 g/mol. The van der Waals surface area contributed by atoms with E-state index in [1.54, 1.807) is 42.5 Å². The third-order valence-corrected chi connectivity index (χ3v) is 5.35. The van der Waals surface area contributed by atoms with Crippen molar-refractivity contribution in [3.8, 4) is 17.9 Å². The Balaban J connectivity index is 1.42. The summed E-state index contributed by atoms with van der Waals surface area (Å²) < 4.78 is 5.57. The smallest absolute Gasteiger partial charge is 0.192 e. The number of ketones is 1. The summed E-state index contributed by atoms with van der Waals surface area (Å²) >= 11 is 6.07. The Hall–Kier alpha value is -3.06. The summed E-state index contributed by atoms with van der Waals surface area (Å²) in [7, 11) is 0. The normalized spacial score (nSPS) is 25.5. The van der Waals surface area contributed by atoms with E-state index in [9.17, 15) is 9.90 Å². The van der Waals surface area contributed by atoms with Crippen LogP contribution in [-0.4, -0.2) is 35.2 Å². The number of carbonyl (C=O) groups excluding carboxylic acids is 1. The molecule has 0 spiro atoms. The van der Waals surface area contributed by atoms with Crippen LogP contribution in [0.15, 0.2) is 42.5 Å². The number of piperidine rings is 1.